The molecule has 10 nitrogen and oxygen atoms in total. The van der Waals surface area contributed by atoms with E-state index in [0.717, 1.165) is 75.5 Å². The summed E-state index contributed by atoms with van der Waals surface area (Å²) in [7, 11) is 0. The van der Waals surface area contributed by atoms with Gasteiger partial charge in [0, 0.05) is 43.2 Å². The van der Waals surface area contributed by atoms with Crippen LogP contribution in [-0.2, 0) is 18.5 Å². The molecule has 92 heavy (non-hydrogen) atoms. The average Bonchev–Trinajstić information content (AvgIpc) is 1.80. The summed E-state index contributed by atoms with van der Waals surface area (Å²) in [5.41, 5.74) is 4.10. The predicted molar refractivity (Wildman–Crippen MR) is 353 cm³/mol. The van der Waals surface area contributed by atoms with Crippen LogP contribution in [0, 0.1) is 24.3 Å². The van der Waals surface area contributed by atoms with Crippen molar-refractivity contribution in [3.05, 3.63) is 219 Å². The van der Waals surface area contributed by atoms with E-state index >= 15 is 0 Å². The van der Waals surface area contributed by atoms with Gasteiger partial charge in [0.1, 0.15) is 24.4 Å². The van der Waals surface area contributed by atoms with E-state index < -0.39 is 79.7 Å². The van der Waals surface area contributed by atoms with Crippen molar-refractivity contribution in [2.24, 2.45) is 0 Å². The lowest BCUT2D eigenvalue weighted by molar-refractivity contribution is -0.137. The minimum absolute atomic E-state index is 0.0418. The SMILES string of the molecule is Cc1c(C(=O)O)sc2ccc(-c3ccccc3)cc12.Cc1ccc2c(C(F)(F)F)c(C(=O)O)sc2c1.Cc1ccc2sc(C(=O)O)c(C(F)(F)F)c2c1.O=C(O)c1sc2cc(-c3ccccc3)ccc2c1C(F)(F)F.O=C(O)c1sc2cc(I)ccc2c1C1CCC1. The highest BCUT2D eigenvalue weighted by Crippen LogP contribution is 2.48. The molecule has 1 aliphatic carbocycles. The van der Waals surface area contributed by atoms with E-state index in [4.69, 9.17) is 20.4 Å². The second-order valence-corrected chi connectivity index (χ2v) is 27.3. The molecule has 0 radical (unpaired) electrons. The minimum atomic E-state index is -4.69. The van der Waals surface area contributed by atoms with Gasteiger partial charge in [-0.05, 0) is 160 Å². The van der Waals surface area contributed by atoms with Crippen LogP contribution in [0.1, 0.15) is 112 Å². The zero-order valence-corrected chi connectivity index (χ0v) is 54.0. The summed E-state index contributed by atoms with van der Waals surface area (Å²) in [6.07, 6.45) is -10.5. The summed E-state index contributed by atoms with van der Waals surface area (Å²) in [6.45, 7) is 5.28. The molecule has 25 heteroatoms. The Kier molecular flexibility index (Phi) is 20.4. The monoisotopic (exact) mass is 1470 g/mol. The van der Waals surface area contributed by atoms with Crippen molar-refractivity contribution in [1.29, 1.82) is 0 Å². The van der Waals surface area contributed by atoms with E-state index in [1.807, 2.05) is 67.6 Å². The maximum atomic E-state index is 13.1. The Morgan fingerprint density at radius 1 is 0.380 bits per heavy atom. The van der Waals surface area contributed by atoms with Gasteiger partial charge in [0.2, 0.25) is 0 Å². The first-order chi connectivity index (χ1) is 43.3. The van der Waals surface area contributed by atoms with Crippen molar-refractivity contribution < 1.29 is 89.0 Å². The fraction of sp³-hybridized carbons (Fsp3) is 0.149. The maximum absolute atomic E-state index is 13.1. The summed E-state index contributed by atoms with van der Waals surface area (Å²) in [5.74, 6) is -5.81. The number of aryl methyl sites for hydroxylation is 3. The third-order valence-electron chi connectivity index (χ3n) is 14.6. The number of thiophene rings is 5. The molecule has 0 aliphatic heterocycles. The molecule has 7 aromatic carbocycles. The van der Waals surface area contributed by atoms with Crippen molar-refractivity contribution >= 4 is 160 Å². The maximum Gasteiger partial charge on any atom is 0.418 e. The van der Waals surface area contributed by atoms with E-state index in [1.165, 1.54) is 59.4 Å². The van der Waals surface area contributed by atoms with E-state index in [0.29, 0.717) is 69.3 Å². The van der Waals surface area contributed by atoms with Gasteiger partial charge in [-0.15, -0.1) is 56.7 Å². The average molecular weight is 1470 g/mol. The van der Waals surface area contributed by atoms with E-state index in [-0.39, 0.29) is 16.2 Å². The van der Waals surface area contributed by atoms with Gasteiger partial charge in [0.15, 0.2) is 0 Å². The number of benzene rings is 7. The molecule has 0 unspecified atom stereocenters. The van der Waals surface area contributed by atoms with Crippen molar-refractivity contribution in [3.63, 3.8) is 0 Å². The van der Waals surface area contributed by atoms with E-state index in [9.17, 15) is 68.6 Å². The minimum Gasteiger partial charge on any atom is -0.477 e. The second-order valence-electron chi connectivity index (χ2n) is 20.8. The van der Waals surface area contributed by atoms with E-state index in [2.05, 4.69) is 59.0 Å². The number of fused-ring (bicyclic) bond motifs is 5. The van der Waals surface area contributed by atoms with Gasteiger partial charge in [-0.3, -0.25) is 0 Å². The normalized spacial score (nSPS) is 12.4. The van der Waals surface area contributed by atoms with Gasteiger partial charge in [-0.2, -0.15) is 39.5 Å². The molecule has 1 fully saturated rings. The van der Waals surface area contributed by atoms with Crippen molar-refractivity contribution in [2.75, 3.05) is 0 Å². The Morgan fingerprint density at radius 3 is 1.25 bits per heavy atom. The number of rotatable bonds is 8. The molecular formula is C67H46F9IO10S5. The number of carbonyl (C=O) groups is 5. The molecule has 0 saturated heterocycles. The molecule has 5 heterocycles. The van der Waals surface area contributed by atoms with Crippen LogP contribution in [0.15, 0.2) is 152 Å². The number of halogens is 10. The summed E-state index contributed by atoms with van der Waals surface area (Å²) in [6, 6.07) is 45.1. The molecule has 1 saturated carbocycles. The van der Waals surface area contributed by atoms with Crippen molar-refractivity contribution in [2.45, 2.75) is 64.5 Å². The van der Waals surface area contributed by atoms with Crippen LogP contribution in [0.5, 0.6) is 0 Å². The zero-order chi connectivity index (χ0) is 66.9. The van der Waals surface area contributed by atoms with Gasteiger partial charge in [0.25, 0.3) is 0 Å². The first-order valence-electron chi connectivity index (χ1n) is 27.2. The van der Waals surface area contributed by atoms with Gasteiger partial charge in [0.05, 0.1) is 16.7 Å². The van der Waals surface area contributed by atoms with Gasteiger partial charge >= 0.3 is 48.4 Å². The van der Waals surface area contributed by atoms with E-state index in [1.54, 1.807) is 38.1 Å². The quantitative estimate of drug-likeness (QED) is 0.0724. The Morgan fingerprint density at radius 2 is 0.761 bits per heavy atom. The highest BCUT2D eigenvalue weighted by molar-refractivity contribution is 14.1. The lowest BCUT2D eigenvalue weighted by atomic mass is 9.79. The number of hydrogen-bond donors (Lipinski definition) is 5. The first-order valence-corrected chi connectivity index (χ1v) is 32.3. The fourth-order valence-corrected chi connectivity index (χ4v) is 16.4. The topological polar surface area (TPSA) is 186 Å². The van der Waals surface area contributed by atoms with Gasteiger partial charge in [-0.1, -0.05) is 115 Å². The second kappa shape index (κ2) is 27.5. The van der Waals surface area contributed by atoms with Gasteiger partial charge < -0.3 is 25.5 Å². The lowest BCUT2D eigenvalue weighted by Crippen LogP contribution is -2.11. The third kappa shape index (κ3) is 15.0. The highest BCUT2D eigenvalue weighted by Gasteiger charge is 2.42. The number of alkyl halides is 9. The molecular weight excluding hydrogens is 1420 g/mol. The Bertz CT molecular complexity index is 4790. The molecule has 0 bridgehead atoms. The van der Waals surface area contributed by atoms with Crippen LogP contribution >= 0.6 is 79.3 Å². The molecule has 1 aliphatic rings. The van der Waals surface area contributed by atoms with Crippen LogP contribution in [0.2, 0.25) is 0 Å². The Balaban J connectivity index is 0.000000136. The molecule has 12 aromatic rings. The molecule has 474 valence electrons. The fourth-order valence-electron chi connectivity index (χ4n) is 10.2. The Labute approximate surface area is 549 Å². The van der Waals surface area contributed by atoms with Gasteiger partial charge in [-0.25, -0.2) is 24.0 Å². The first kappa shape index (κ1) is 68.2. The summed E-state index contributed by atoms with van der Waals surface area (Å²) >= 11 is 6.97. The van der Waals surface area contributed by atoms with Crippen molar-refractivity contribution in [3.8, 4) is 22.3 Å². The largest absolute Gasteiger partial charge is 0.477 e. The highest BCUT2D eigenvalue weighted by atomic mass is 127. The summed E-state index contributed by atoms with van der Waals surface area (Å²) < 4.78 is 121. The van der Waals surface area contributed by atoms with Crippen LogP contribution in [0.4, 0.5) is 39.5 Å². The van der Waals surface area contributed by atoms with Crippen LogP contribution in [0.25, 0.3) is 72.7 Å². The number of hydrogen-bond acceptors (Lipinski definition) is 10. The van der Waals surface area contributed by atoms with Crippen molar-refractivity contribution in [1.82, 2.24) is 0 Å². The standard InChI is InChI=1S/C16H9F3O2S.C16H12O2S.C13H11IO2S.2C11H7F3O2S/c17-16(18,19)13-11-7-6-10(9-4-2-1-3-5-9)8-12(11)22-14(13)15(20)21;1-10-13-9-12(11-5-3-2-4-6-11)7-8-14(13)19-15(10)16(17)18;14-8-4-5-9-10(6-8)17-12(13(15)16)11(9)7-2-1-3-7;1-5-2-3-7-6(4-5)8(11(12,13)14)9(17-7)10(15)16;1-5-2-3-6-7(4-5)17-9(10(15)16)8(6)11(12,13)14/h1-8H,(H,20,21);2-9H,1H3,(H,17,18);4-7H,1-3H2,(H,15,16);2*2-4H,1H3,(H,15,16). The number of aromatic carboxylic acids is 5. The molecule has 0 atom stereocenters. The molecule has 0 amide bonds. The molecule has 13 rings (SSSR count). The predicted octanol–water partition coefficient (Wildman–Crippen LogP) is 22.2. The molecule has 0 spiro atoms. The number of carboxylic acids is 5. The third-order valence-corrected chi connectivity index (χ3v) is 21.1. The lowest BCUT2D eigenvalue weighted by Gasteiger charge is -2.26. The van der Waals surface area contributed by atoms with Crippen LogP contribution in [0.3, 0.4) is 0 Å². The zero-order valence-electron chi connectivity index (χ0n) is 47.7. The van der Waals surface area contributed by atoms with Crippen LogP contribution in [-0.4, -0.2) is 55.4 Å². The molecule has 5 aromatic heterocycles. The summed E-state index contributed by atoms with van der Waals surface area (Å²) in [5, 5.41) is 47.1. The smallest absolute Gasteiger partial charge is 0.418 e. The summed E-state index contributed by atoms with van der Waals surface area (Å²) in [4.78, 5) is 54.3. The Hall–Kier alpha value is -8.21. The number of carboxylic acid groups (broad SMARTS) is 5. The van der Waals surface area contributed by atoms with Crippen LogP contribution < -0.4 is 0 Å². The molecule has 5 N–H and O–H groups in total.